The minimum absolute atomic E-state index is 0.251. The van der Waals surface area contributed by atoms with Crippen molar-refractivity contribution >= 4 is 93.8 Å². The third-order valence-corrected chi connectivity index (χ3v) is 17.6. The molecule has 17 rings (SSSR count). The van der Waals surface area contributed by atoms with Crippen LogP contribution in [0.15, 0.2) is 261 Å². The minimum atomic E-state index is -0.595. The number of hydrogen-bond donors (Lipinski definition) is 0. The molecule has 0 atom stereocenters. The van der Waals surface area contributed by atoms with Gasteiger partial charge in [0.1, 0.15) is 5.82 Å². The van der Waals surface area contributed by atoms with Crippen molar-refractivity contribution in [3.63, 3.8) is 0 Å². The average Bonchev–Trinajstić information content (AvgIpc) is 4.14. The van der Waals surface area contributed by atoms with Crippen molar-refractivity contribution in [2.45, 2.75) is 18.3 Å². The molecule has 3 nitrogen and oxygen atoms in total. The van der Waals surface area contributed by atoms with Gasteiger partial charge in [0.2, 0.25) is 0 Å². The van der Waals surface area contributed by atoms with Crippen molar-refractivity contribution in [2.75, 3.05) is 4.90 Å². The number of fused-ring (bicyclic) bond motifs is 14. The molecule has 0 radical (unpaired) electrons. The van der Waals surface area contributed by atoms with Crippen molar-refractivity contribution in [1.29, 1.82) is 0 Å². The number of para-hydroxylation sites is 3. The van der Waals surface area contributed by atoms with Crippen LogP contribution in [0.3, 0.4) is 0 Å². The Kier molecular flexibility index (Phi) is 9.35. The third kappa shape index (κ3) is 6.34. The van der Waals surface area contributed by atoms with E-state index >= 15 is 0 Å². The number of allylic oxidation sites excluding steroid dienone is 1. The zero-order valence-corrected chi connectivity index (χ0v) is 43.0. The maximum atomic E-state index is 14.4. The van der Waals surface area contributed by atoms with E-state index in [0.29, 0.717) is 0 Å². The molecule has 2 aliphatic rings. The molecule has 15 aromatic rings. The van der Waals surface area contributed by atoms with Crippen molar-refractivity contribution in [1.82, 2.24) is 8.97 Å². The summed E-state index contributed by atoms with van der Waals surface area (Å²) in [5.74, 6) is -0.251. The molecule has 0 saturated heterocycles. The van der Waals surface area contributed by atoms with E-state index in [1.54, 1.807) is 12.1 Å². The Morgan fingerprint density at radius 2 is 1.00 bits per heavy atom. The van der Waals surface area contributed by atoms with Gasteiger partial charge >= 0.3 is 0 Å². The molecule has 79 heavy (non-hydrogen) atoms. The van der Waals surface area contributed by atoms with Gasteiger partial charge in [-0.1, -0.05) is 152 Å². The normalized spacial score (nSPS) is 13.6. The topological polar surface area (TPSA) is 12.6 Å². The van der Waals surface area contributed by atoms with Gasteiger partial charge in [-0.2, -0.15) is 0 Å². The Bertz CT molecular complexity index is 4970. The fourth-order valence-electron chi connectivity index (χ4n) is 14.1. The number of halogens is 1. The van der Waals surface area contributed by atoms with Crippen LogP contribution in [0.5, 0.6) is 0 Å². The molecule has 0 amide bonds. The van der Waals surface area contributed by atoms with E-state index < -0.39 is 5.41 Å². The minimum Gasteiger partial charge on any atom is -0.310 e. The Morgan fingerprint density at radius 1 is 0.405 bits per heavy atom. The van der Waals surface area contributed by atoms with E-state index in [1.165, 1.54) is 115 Å². The fraction of sp³-hybridized carbons (Fsp3) is 0.0400. The molecule has 0 aliphatic heterocycles. The third-order valence-electron chi connectivity index (χ3n) is 17.6. The summed E-state index contributed by atoms with van der Waals surface area (Å²) in [6, 6.07) is 93.1. The summed E-state index contributed by atoms with van der Waals surface area (Å²) < 4.78 is 19.2. The standard InChI is InChI=1S/C75H48FN3/c76-55-29-32-56(33-30-55)77(59-31-26-47-14-7-8-15-48(47)40-59)57-34-36-58(37-35-57)78-70-24-11-10-21-62(70)66-41-49(28-39-72(66)78)50-27-38-60-65-42-51-43-67-64-23-13-22-63-61-20-9-12-25-71(61)79(74(63)64)73(67)46-52(51)45-69(65)75(68(60)44-50,53-16-3-1-4-17-53)54-18-5-2-6-19-54/h1-7,9-14,16-46H,8,15H2. The first kappa shape index (κ1) is 44.1. The molecule has 2 aliphatic carbocycles. The summed E-state index contributed by atoms with van der Waals surface area (Å²) >= 11 is 0. The molecule has 370 valence electrons. The molecule has 0 unspecified atom stereocenters. The van der Waals surface area contributed by atoms with Crippen molar-refractivity contribution in [3.05, 3.63) is 300 Å². The van der Waals surface area contributed by atoms with Crippen LogP contribution >= 0.6 is 0 Å². The quantitative estimate of drug-likeness (QED) is 0.155. The number of hydrogen-bond acceptors (Lipinski definition) is 1. The van der Waals surface area contributed by atoms with Crippen LogP contribution in [-0.4, -0.2) is 8.97 Å². The predicted octanol–water partition coefficient (Wildman–Crippen LogP) is 19.7. The zero-order valence-electron chi connectivity index (χ0n) is 43.0. The maximum Gasteiger partial charge on any atom is 0.123 e. The summed E-state index contributed by atoms with van der Waals surface area (Å²) in [4.78, 5) is 2.23. The molecule has 0 bridgehead atoms. The van der Waals surface area contributed by atoms with Gasteiger partial charge in [-0.05, 0) is 195 Å². The lowest BCUT2D eigenvalue weighted by Gasteiger charge is -2.34. The summed E-state index contributed by atoms with van der Waals surface area (Å²) in [6.07, 6.45) is 6.49. The predicted molar refractivity (Wildman–Crippen MR) is 328 cm³/mol. The first-order valence-corrected chi connectivity index (χ1v) is 27.5. The molecular weight excluding hydrogens is 962 g/mol. The monoisotopic (exact) mass is 1010 g/mol. The van der Waals surface area contributed by atoms with E-state index in [-0.39, 0.29) is 5.82 Å². The zero-order chi connectivity index (χ0) is 51.9. The van der Waals surface area contributed by atoms with Gasteiger partial charge in [0.05, 0.1) is 33.0 Å². The SMILES string of the molecule is Fc1ccc(N(c2ccc(-n3c4ccccc4c4cc(-c5ccc6c(c5)C(c5ccccc5)(c5ccccc5)c5cc7cc8c(cc7cc5-6)c5cccc6c7ccccc7n8c65)ccc43)cc2)c2ccc3c(c2)CCC=C3)cc1. The number of rotatable bonds is 7. The molecule has 0 fully saturated rings. The van der Waals surface area contributed by atoms with Crippen LogP contribution in [0.25, 0.3) is 105 Å². The Hall–Kier alpha value is -10.0. The van der Waals surface area contributed by atoms with E-state index in [9.17, 15) is 4.39 Å². The number of benzene rings is 12. The molecule has 0 N–H and O–H groups in total. The number of nitrogens with zero attached hydrogens (tertiary/aromatic N) is 3. The van der Waals surface area contributed by atoms with E-state index in [0.717, 1.165) is 46.6 Å². The van der Waals surface area contributed by atoms with Gasteiger partial charge in [-0.15, -0.1) is 0 Å². The van der Waals surface area contributed by atoms with Crippen LogP contribution < -0.4 is 4.90 Å². The Labute approximate surface area is 455 Å². The summed E-state index contributed by atoms with van der Waals surface area (Å²) in [7, 11) is 0. The highest BCUT2D eigenvalue weighted by Gasteiger charge is 2.46. The lowest BCUT2D eigenvalue weighted by Crippen LogP contribution is -2.28. The van der Waals surface area contributed by atoms with Crippen molar-refractivity contribution in [2.24, 2.45) is 0 Å². The van der Waals surface area contributed by atoms with Crippen LogP contribution in [-0.2, 0) is 11.8 Å². The fourth-order valence-corrected chi connectivity index (χ4v) is 14.1. The lowest BCUT2D eigenvalue weighted by atomic mass is 9.67. The summed E-state index contributed by atoms with van der Waals surface area (Å²) in [5.41, 5.74) is 22.0. The number of anilines is 3. The first-order valence-electron chi connectivity index (χ1n) is 27.5. The van der Waals surface area contributed by atoms with E-state index in [2.05, 4.69) is 257 Å². The molecule has 3 aromatic heterocycles. The second-order valence-corrected chi connectivity index (χ2v) is 21.6. The van der Waals surface area contributed by atoms with E-state index in [1.807, 2.05) is 12.1 Å². The van der Waals surface area contributed by atoms with Gasteiger partial charge in [0.25, 0.3) is 0 Å². The van der Waals surface area contributed by atoms with Gasteiger partial charge in [-0.3, -0.25) is 0 Å². The van der Waals surface area contributed by atoms with Crippen LogP contribution in [0.1, 0.15) is 39.8 Å². The molecule has 3 heterocycles. The molecule has 0 saturated carbocycles. The van der Waals surface area contributed by atoms with E-state index in [4.69, 9.17) is 0 Å². The van der Waals surface area contributed by atoms with Crippen LogP contribution in [0.4, 0.5) is 21.5 Å². The Balaban J connectivity index is 0.821. The van der Waals surface area contributed by atoms with Crippen molar-refractivity contribution in [3.8, 4) is 27.9 Å². The van der Waals surface area contributed by atoms with Crippen LogP contribution in [0, 0.1) is 5.82 Å². The largest absolute Gasteiger partial charge is 0.310 e. The van der Waals surface area contributed by atoms with Gasteiger partial charge in [-0.25, -0.2) is 4.39 Å². The highest BCUT2D eigenvalue weighted by atomic mass is 19.1. The number of aryl methyl sites for hydroxylation is 1. The molecule has 12 aromatic carbocycles. The second-order valence-electron chi connectivity index (χ2n) is 21.6. The van der Waals surface area contributed by atoms with Gasteiger partial charge in [0.15, 0.2) is 0 Å². The van der Waals surface area contributed by atoms with Crippen LogP contribution in [0.2, 0.25) is 0 Å². The summed E-state index contributed by atoms with van der Waals surface area (Å²) in [6.45, 7) is 0. The molecule has 0 spiro atoms. The van der Waals surface area contributed by atoms with Gasteiger partial charge < -0.3 is 13.9 Å². The number of aromatic nitrogens is 2. The Morgan fingerprint density at radius 3 is 1.77 bits per heavy atom. The van der Waals surface area contributed by atoms with Gasteiger partial charge in [0, 0.05) is 55.1 Å². The first-order chi connectivity index (χ1) is 39.1. The second kappa shape index (κ2) is 16.7. The smallest absolute Gasteiger partial charge is 0.123 e. The highest BCUT2D eigenvalue weighted by Crippen LogP contribution is 2.58. The molecular formula is C75H48FN3. The maximum absolute atomic E-state index is 14.4. The lowest BCUT2D eigenvalue weighted by molar-refractivity contribution is 0.628. The van der Waals surface area contributed by atoms with Crippen molar-refractivity contribution < 1.29 is 4.39 Å². The highest BCUT2D eigenvalue weighted by molar-refractivity contribution is 6.25. The molecule has 4 heteroatoms. The summed E-state index contributed by atoms with van der Waals surface area (Å²) in [5, 5.41) is 10.0. The average molecular weight is 1010 g/mol.